The standard InChI is InChI=1S/C12H10N2O2S2.2H2S/c15-14(16)11-6-7-12(13-8-11)18-17-9-10-4-2-1-3-5-10;;/h1-8H,9H2;2*1H2. The maximum atomic E-state index is 10.5. The molecule has 0 aliphatic carbocycles. The van der Waals surface area contributed by atoms with Gasteiger partial charge in [0.2, 0.25) is 0 Å². The van der Waals surface area contributed by atoms with E-state index >= 15 is 0 Å². The molecule has 8 heteroatoms. The highest BCUT2D eigenvalue weighted by Crippen LogP contribution is 2.32. The van der Waals surface area contributed by atoms with Gasteiger partial charge in [-0.3, -0.25) is 10.1 Å². The van der Waals surface area contributed by atoms with Crippen molar-refractivity contribution in [2.45, 2.75) is 10.8 Å². The summed E-state index contributed by atoms with van der Waals surface area (Å²) in [6, 6.07) is 13.3. The van der Waals surface area contributed by atoms with Crippen molar-refractivity contribution < 1.29 is 4.92 Å². The number of benzene rings is 1. The lowest BCUT2D eigenvalue weighted by molar-refractivity contribution is -0.385. The Balaban J connectivity index is 0.00000180. The van der Waals surface area contributed by atoms with Gasteiger partial charge in [-0.15, -0.1) is 0 Å². The Hall–Kier alpha value is -0.830. The Kier molecular flexibility index (Phi) is 9.56. The molecule has 108 valence electrons. The number of nitro groups is 1. The van der Waals surface area contributed by atoms with Crippen LogP contribution in [0.2, 0.25) is 0 Å². The molecule has 1 aromatic heterocycles. The van der Waals surface area contributed by atoms with Gasteiger partial charge in [-0.25, -0.2) is 4.98 Å². The molecule has 4 nitrogen and oxygen atoms in total. The fourth-order valence-corrected chi connectivity index (χ4v) is 3.23. The molecule has 1 heterocycles. The topological polar surface area (TPSA) is 56.0 Å². The molecule has 0 unspecified atom stereocenters. The molecule has 0 saturated carbocycles. The quantitative estimate of drug-likeness (QED) is 0.462. The van der Waals surface area contributed by atoms with Crippen LogP contribution in [0.3, 0.4) is 0 Å². The summed E-state index contributed by atoms with van der Waals surface area (Å²) in [4.78, 5) is 14.1. The highest BCUT2D eigenvalue weighted by Gasteiger charge is 2.05. The van der Waals surface area contributed by atoms with Gasteiger partial charge >= 0.3 is 0 Å². The van der Waals surface area contributed by atoms with E-state index in [1.165, 1.54) is 28.6 Å². The van der Waals surface area contributed by atoms with Crippen LogP contribution in [0.1, 0.15) is 5.56 Å². The lowest BCUT2D eigenvalue weighted by Crippen LogP contribution is -1.88. The third-order valence-corrected chi connectivity index (χ3v) is 4.34. The van der Waals surface area contributed by atoms with Crippen molar-refractivity contribution in [3.8, 4) is 0 Å². The van der Waals surface area contributed by atoms with Gasteiger partial charge in [0.05, 0.1) is 4.92 Å². The molecule has 0 atom stereocenters. The van der Waals surface area contributed by atoms with Gasteiger partial charge in [-0.2, -0.15) is 27.0 Å². The van der Waals surface area contributed by atoms with Crippen molar-refractivity contribution >= 4 is 54.3 Å². The van der Waals surface area contributed by atoms with Crippen molar-refractivity contribution in [1.29, 1.82) is 0 Å². The zero-order chi connectivity index (χ0) is 12.8. The second-order valence-electron chi connectivity index (χ2n) is 3.44. The summed E-state index contributed by atoms with van der Waals surface area (Å²) in [5.74, 6) is 0.879. The van der Waals surface area contributed by atoms with Crippen molar-refractivity contribution in [1.82, 2.24) is 4.98 Å². The van der Waals surface area contributed by atoms with Crippen LogP contribution in [0, 0.1) is 10.1 Å². The van der Waals surface area contributed by atoms with Crippen LogP contribution in [0.25, 0.3) is 0 Å². The van der Waals surface area contributed by atoms with Gasteiger partial charge in [-0.1, -0.05) is 41.1 Å². The van der Waals surface area contributed by atoms with Crippen molar-refractivity contribution in [3.05, 3.63) is 64.3 Å². The zero-order valence-corrected chi connectivity index (χ0v) is 14.0. The van der Waals surface area contributed by atoms with Crippen molar-refractivity contribution in [2.24, 2.45) is 0 Å². The van der Waals surface area contributed by atoms with E-state index in [2.05, 4.69) is 17.1 Å². The first kappa shape index (κ1) is 19.2. The summed E-state index contributed by atoms with van der Waals surface area (Å²) >= 11 is 0. The summed E-state index contributed by atoms with van der Waals surface area (Å²) in [6.07, 6.45) is 1.28. The molecule has 0 N–H and O–H groups in total. The molecule has 0 bridgehead atoms. The van der Waals surface area contributed by atoms with Gasteiger partial charge in [0.25, 0.3) is 5.69 Å². The number of hydrogen-bond acceptors (Lipinski definition) is 5. The first-order chi connectivity index (χ1) is 8.75. The zero-order valence-electron chi connectivity index (χ0n) is 10.4. The largest absolute Gasteiger partial charge is 0.287 e. The van der Waals surface area contributed by atoms with Crippen LogP contribution in [0.5, 0.6) is 0 Å². The monoisotopic (exact) mass is 346 g/mol. The SMILES string of the molecule is O=[N+]([O-])c1ccc(SSCc2ccccc2)nc1.S.S. The smallest absolute Gasteiger partial charge is 0.258 e. The highest BCUT2D eigenvalue weighted by atomic mass is 33.1. The number of hydrogen-bond donors (Lipinski definition) is 0. The first-order valence-corrected chi connectivity index (χ1v) is 7.51. The third kappa shape index (κ3) is 6.08. The van der Waals surface area contributed by atoms with Crippen LogP contribution in [0.15, 0.2) is 53.7 Å². The van der Waals surface area contributed by atoms with E-state index in [1.54, 1.807) is 16.9 Å². The van der Waals surface area contributed by atoms with E-state index in [1.807, 2.05) is 18.2 Å². The minimum Gasteiger partial charge on any atom is -0.258 e. The molecule has 2 aromatic rings. The van der Waals surface area contributed by atoms with Gasteiger partial charge in [0.15, 0.2) is 0 Å². The Bertz CT molecular complexity index is 523. The maximum Gasteiger partial charge on any atom is 0.287 e. The Morgan fingerprint density at radius 2 is 1.80 bits per heavy atom. The molecule has 0 radical (unpaired) electrons. The molecule has 0 aliphatic rings. The fraction of sp³-hybridized carbons (Fsp3) is 0.0833. The Morgan fingerprint density at radius 3 is 2.35 bits per heavy atom. The van der Waals surface area contributed by atoms with E-state index in [0.29, 0.717) is 0 Å². The van der Waals surface area contributed by atoms with E-state index in [9.17, 15) is 10.1 Å². The lowest BCUT2D eigenvalue weighted by atomic mass is 10.2. The molecule has 0 aliphatic heterocycles. The molecular formula is C12H14N2O2S4. The molecule has 20 heavy (non-hydrogen) atoms. The lowest BCUT2D eigenvalue weighted by Gasteiger charge is -2.00. The molecule has 0 spiro atoms. The van der Waals surface area contributed by atoms with Crippen LogP contribution >= 0.6 is 48.6 Å². The minimum atomic E-state index is -0.446. The number of aromatic nitrogens is 1. The number of nitrogens with zero attached hydrogens (tertiary/aromatic N) is 2. The summed E-state index contributed by atoms with van der Waals surface area (Å²) in [5.41, 5.74) is 1.27. The average Bonchev–Trinajstić information content (AvgIpc) is 2.40. The Labute approximate surface area is 139 Å². The normalized spacial score (nSPS) is 9.20. The van der Waals surface area contributed by atoms with Crippen molar-refractivity contribution in [3.63, 3.8) is 0 Å². The van der Waals surface area contributed by atoms with Gasteiger partial charge < -0.3 is 0 Å². The van der Waals surface area contributed by atoms with Crippen LogP contribution in [-0.4, -0.2) is 9.91 Å². The van der Waals surface area contributed by atoms with E-state index in [-0.39, 0.29) is 32.7 Å². The molecule has 0 amide bonds. The third-order valence-electron chi connectivity index (χ3n) is 2.14. The van der Waals surface area contributed by atoms with Gasteiger partial charge in [-0.05, 0) is 22.4 Å². The van der Waals surface area contributed by atoms with Crippen LogP contribution in [-0.2, 0) is 5.75 Å². The first-order valence-electron chi connectivity index (χ1n) is 5.19. The number of pyridine rings is 1. The van der Waals surface area contributed by atoms with Gasteiger partial charge in [0, 0.05) is 11.8 Å². The highest BCUT2D eigenvalue weighted by molar-refractivity contribution is 8.76. The van der Waals surface area contributed by atoms with E-state index in [4.69, 9.17) is 0 Å². The second-order valence-corrected chi connectivity index (χ2v) is 5.76. The van der Waals surface area contributed by atoms with Crippen molar-refractivity contribution in [2.75, 3.05) is 0 Å². The summed E-state index contributed by atoms with van der Waals surface area (Å²) in [5, 5.41) is 11.2. The molecular weight excluding hydrogens is 332 g/mol. The summed E-state index contributed by atoms with van der Waals surface area (Å²) in [6.45, 7) is 0. The molecule has 0 saturated heterocycles. The summed E-state index contributed by atoms with van der Waals surface area (Å²) in [7, 11) is 3.18. The molecule has 0 fully saturated rings. The maximum absolute atomic E-state index is 10.5. The van der Waals surface area contributed by atoms with E-state index in [0.717, 1.165) is 10.8 Å². The second kappa shape index (κ2) is 9.98. The Morgan fingerprint density at radius 1 is 1.10 bits per heavy atom. The van der Waals surface area contributed by atoms with Gasteiger partial charge in [0.1, 0.15) is 11.2 Å². The minimum absolute atomic E-state index is 0. The predicted octanol–water partition coefficient (Wildman–Crippen LogP) is 4.16. The van der Waals surface area contributed by atoms with E-state index < -0.39 is 4.92 Å². The fourth-order valence-electron chi connectivity index (χ4n) is 1.26. The molecule has 2 rings (SSSR count). The van der Waals surface area contributed by atoms with Crippen LogP contribution < -0.4 is 0 Å². The average molecular weight is 347 g/mol. The predicted molar refractivity (Wildman–Crippen MR) is 95.2 cm³/mol. The van der Waals surface area contributed by atoms with Crippen LogP contribution in [0.4, 0.5) is 5.69 Å². The summed E-state index contributed by atoms with van der Waals surface area (Å²) < 4.78 is 0. The number of rotatable bonds is 5. The molecule has 1 aromatic carbocycles.